The van der Waals surface area contributed by atoms with Gasteiger partial charge >= 0.3 is 0 Å². The fourth-order valence-corrected chi connectivity index (χ4v) is 3.01. The molecule has 0 spiro atoms. The Bertz CT molecular complexity index is 820. The lowest BCUT2D eigenvalue weighted by atomic mass is 10.2. The molecule has 0 saturated carbocycles. The van der Waals surface area contributed by atoms with Gasteiger partial charge in [-0.05, 0) is 24.6 Å². The molecule has 122 valence electrons. The Labute approximate surface area is 144 Å². The minimum atomic E-state index is -0.381. The molecule has 0 bridgehead atoms. The normalized spacial score (nSPS) is 12.0. The predicted octanol–water partition coefficient (Wildman–Crippen LogP) is 2.35. The smallest absolute Gasteiger partial charge is 0.230 e. The summed E-state index contributed by atoms with van der Waals surface area (Å²) >= 11 is 1.31. The molecule has 0 aliphatic heterocycles. The first-order valence-corrected chi connectivity index (χ1v) is 8.36. The van der Waals surface area contributed by atoms with Crippen LogP contribution in [-0.2, 0) is 11.3 Å². The number of primary amides is 1. The SMILES string of the molecule is CC(Sc1nnc(-c2ccncc2)n1Cc1ccccc1)C(N)=O. The van der Waals surface area contributed by atoms with Crippen molar-refractivity contribution in [1.82, 2.24) is 19.7 Å². The third kappa shape index (κ3) is 3.62. The Morgan fingerprint density at radius 1 is 1.17 bits per heavy atom. The third-order valence-electron chi connectivity index (χ3n) is 3.52. The van der Waals surface area contributed by atoms with Crippen LogP contribution in [0.15, 0.2) is 60.0 Å². The number of benzene rings is 1. The van der Waals surface area contributed by atoms with Crippen molar-refractivity contribution in [2.24, 2.45) is 5.73 Å². The number of pyridine rings is 1. The van der Waals surface area contributed by atoms with Crippen LogP contribution in [0.2, 0.25) is 0 Å². The number of nitrogens with zero attached hydrogens (tertiary/aromatic N) is 4. The van der Waals surface area contributed by atoms with Crippen LogP contribution in [0, 0.1) is 0 Å². The molecule has 0 aliphatic carbocycles. The maximum Gasteiger partial charge on any atom is 0.230 e. The van der Waals surface area contributed by atoms with Crippen LogP contribution in [0.4, 0.5) is 0 Å². The molecule has 2 aromatic heterocycles. The topological polar surface area (TPSA) is 86.7 Å². The average molecular weight is 339 g/mol. The molecule has 1 aromatic carbocycles. The first kappa shape index (κ1) is 16.2. The molecular weight excluding hydrogens is 322 g/mol. The van der Waals surface area contributed by atoms with Crippen molar-refractivity contribution in [1.29, 1.82) is 0 Å². The molecule has 0 radical (unpaired) electrons. The van der Waals surface area contributed by atoms with Gasteiger partial charge in [0.2, 0.25) is 5.91 Å². The summed E-state index contributed by atoms with van der Waals surface area (Å²) in [6.45, 7) is 2.37. The average Bonchev–Trinajstić information content (AvgIpc) is 2.99. The summed E-state index contributed by atoms with van der Waals surface area (Å²) in [6, 6.07) is 13.8. The molecular formula is C17H17N5OS. The number of rotatable bonds is 6. The molecule has 2 heterocycles. The number of aromatic nitrogens is 4. The van der Waals surface area contributed by atoms with E-state index in [4.69, 9.17) is 5.73 Å². The van der Waals surface area contributed by atoms with Gasteiger partial charge in [0.05, 0.1) is 11.8 Å². The van der Waals surface area contributed by atoms with Crippen LogP contribution in [-0.4, -0.2) is 30.9 Å². The van der Waals surface area contributed by atoms with Gasteiger partial charge in [-0.15, -0.1) is 10.2 Å². The van der Waals surface area contributed by atoms with E-state index in [0.717, 1.165) is 17.0 Å². The summed E-state index contributed by atoms with van der Waals surface area (Å²) in [6.07, 6.45) is 3.44. The first-order chi connectivity index (χ1) is 11.6. The molecule has 6 nitrogen and oxygen atoms in total. The highest BCUT2D eigenvalue weighted by Gasteiger charge is 2.19. The van der Waals surface area contributed by atoms with Gasteiger partial charge in [0.15, 0.2) is 11.0 Å². The quantitative estimate of drug-likeness (QED) is 0.697. The molecule has 0 aliphatic rings. The number of thioether (sulfide) groups is 1. The van der Waals surface area contributed by atoms with Crippen molar-refractivity contribution < 1.29 is 4.79 Å². The summed E-state index contributed by atoms with van der Waals surface area (Å²) in [7, 11) is 0. The lowest BCUT2D eigenvalue weighted by Crippen LogP contribution is -2.23. The maximum absolute atomic E-state index is 11.4. The van der Waals surface area contributed by atoms with Crippen molar-refractivity contribution in [2.45, 2.75) is 23.9 Å². The summed E-state index contributed by atoms with van der Waals surface area (Å²) in [4.78, 5) is 15.4. The van der Waals surface area contributed by atoms with E-state index in [1.807, 2.05) is 47.0 Å². The second-order valence-corrected chi connectivity index (χ2v) is 6.58. The molecule has 1 amide bonds. The first-order valence-electron chi connectivity index (χ1n) is 7.48. The highest BCUT2D eigenvalue weighted by atomic mass is 32.2. The Morgan fingerprint density at radius 3 is 2.54 bits per heavy atom. The Kier molecular flexibility index (Phi) is 4.90. The van der Waals surface area contributed by atoms with Gasteiger partial charge in [0.1, 0.15) is 0 Å². The largest absolute Gasteiger partial charge is 0.369 e. The molecule has 7 heteroatoms. The molecule has 1 atom stereocenters. The zero-order valence-corrected chi connectivity index (χ0v) is 14.0. The van der Waals surface area contributed by atoms with Gasteiger partial charge in [0.25, 0.3) is 0 Å². The number of amides is 1. The Balaban J connectivity index is 2.00. The molecule has 0 saturated heterocycles. The number of hydrogen-bond acceptors (Lipinski definition) is 5. The van der Waals surface area contributed by atoms with Gasteiger partial charge in [-0.1, -0.05) is 42.1 Å². The van der Waals surface area contributed by atoms with E-state index >= 15 is 0 Å². The van der Waals surface area contributed by atoms with Gasteiger partial charge in [-0.3, -0.25) is 14.3 Å². The lowest BCUT2D eigenvalue weighted by Gasteiger charge is -2.12. The van der Waals surface area contributed by atoms with Crippen LogP contribution >= 0.6 is 11.8 Å². The molecule has 3 rings (SSSR count). The van der Waals surface area contributed by atoms with E-state index in [2.05, 4.69) is 15.2 Å². The minimum Gasteiger partial charge on any atom is -0.369 e. The van der Waals surface area contributed by atoms with Crippen molar-refractivity contribution in [3.05, 3.63) is 60.4 Å². The second-order valence-electron chi connectivity index (χ2n) is 5.28. The van der Waals surface area contributed by atoms with Gasteiger partial charge in [-0.2, -0.15) is 0 Å². The lowest BCUT2D eigenvalue weighted by molar-refractivity contribution is -0.117. The van der Waals surface area contributed by atoms with Gasteiger partial charge in [0, 0.05) is 18.0 Å². The molecule has 3 aromatic rings. The van der Waals surface area contributed by atoms with Crippen LogP contribution in [0.5, 0.6) is 0 Å². The third-order valence-corrected chi connectivity index (χ3v) is 4.62. The van der Waals surface area contributed by atoms with E-state index in [-0.39, 0.29) is 11.2 Å². The van der Waals surface area contributed by atoms with E-state index in [1.165, 1.54) is 11.8 Å². The van der Waals surface area contributed by atoms with Crippen molar-refractivity contribution in [3.8, 4) is 11.4 Å². The van der Waals surface area contributed by atoms with Crippen LogP contribution in [0.25, 0.3) is 11.4 Å². The number of carbonyl (C=O) groups excluding carboxylic acids is 1. The minimum absolute atomic E-state index is 0.375. The number of carbonyl (C=O) groups is 1. The van der Waals surface area contributed by atoms with Crippen molar-refractivity contribution in [2.75, 3.05) is 0 Å². The fourth-order valence-electron chi connectivity index (χ4n) is 2.22. The highest BCUT2D eigenvalue weighted by Crippen LogP contribution is 2.27. The molecule has 0 fully saturated rings. The Hall–Kier alpha value is -2.67. The summed E-state index contributed by atoms with van der Waals surface area (Å²) in [5.74, 6) is 0.361. The van der Waals surface area contributed by atoms with Crippen LogP contribution < -0.4 is 5.73 Å². The highest BCUT2D eigenvalue weighted by molar-refractivity contribution is 8.00. The summed E-state index contributed by atoms with van der Waals surface area (Å²) in [5, 5.41) is 8.85. The molecule has 2 N–H and O–H groups in total. The zero-order chi connectivity index (χ0) is 16.9. The second kappa shape index (κ2) is 7.27. The van der Waals surface area contributed by atoms with Crippen LogP contribution in [0.3, 0.4) is 0 Å². The fraction of sp³-hybridized carbons (Fsp3) is 0.176. The van der Waals surface area contributed by atoms with Gasteiger partial charge < -0.3 is 5.73 Å². The maximum atomic E-state index is 11.4. The number of hydrogen-bond donors (Lipinski definition) is 1. The van der Waals surface area contributed by atoms with E-state index < -0.39 is 0 Å². The summed E-state index contributed by atoms with van der Waals surface area (Å²) < 4.78 is 1.99. The molecule has 1 unspecified atom stereocenters. The van der Waals surface area contributed by atoms with E-state index in [9.17, 15) is 4.79 Å². The monoisotopic (exact) mass is 339 g/mol. The van der Waals surface area contributed by atoms with Crippen LogP contribution in [0.1, 0.15) is 12.5 Å². The Morgan fingerprint density at radius 2 is 1.88 bits per heavy atom. The van der Waals surface area contributed by atoms with E-state index in [1.54, 1.807) is 19.3 Å². The van der Waals surface area contributed by atoms with Gasteiger partial charge in [-0.25, -0.2) is 0 Å². The summed E-state index contributed by atoms with van der Waals surface area (Å²) in [5.41, 5.74) is 7.43. The zero-order valence-electron chi connectivity index (χ0n) is 13.2. The standard InChI is InChI=1S/C17H17N5OS/c1-12(15(18)23)24-17-21-20-16(14-7-9-19-10-8-14)22(17)11-13-5-3-2-4-6-13/h2-10,12H,11H2,1H3,(H2,18,23). The predicted molar refractivity (Wildman–Crippen MR) is 93.3 cm³/mol. The van der Waals surface area contributed by atoms with Crippen molar-refractivity contribution in [3.63, 3.8) is 0 Å². The van der Waals surface area contributed by atoms with Crippen molar-refractivity contribution >= 4 is 17.7 Å². The van der Waals surface area contributed by atoms with E-state index in [0.29, 0.717) is 11.7 Å². The molecule has 24 heavy (non-hydrogen) atoms. The number of nitrogens with two attached hydrogens (primary N) is 1.